The summed E-state index contributed by atoms with van der Waals surface area (Å²) in [6.45, 7) is 1.01. The molecule has 86 valence electrons. The molecule has 17 heavy (non-hydrogen) atoms. The van der Waals surface area contributed by atoms with E-state index in [4.69, 9.17) is 0 Å². The molecule has 1 aliphatic heterocycles. The van der Waals surface area contributed by atoms with Crippen LogP contribution in [-0.4, -0.2) is 14.8 Å². The minimum absolute atomic E-state index is 0.320. The van der Waals surface area contributed by atoms with Crippen LogP contribution in [0, 0.1) is 11.7 Å². The molecule has 0 saturated heterocycles. The van der Waals surface area contributed by atoms with Gasteiger partial charge in [0.1, 0.15) is 11.5 Å². The van der Waals surface area contributed by atoms with Gasteiger partial charge in [0.25, 0.3) is 0 Å². The highest BCUT2D eigenvalue weighted by atomic mass is 79.9. The molecule has 1 aliphatic carbocycles. The zero-order valence-corrected chi connectivity index (χ0v) is 10.5. The first-order valence-electron chi connectivity index (χ1n) is 5.62. The molecule has 5 heteroatoms. The van der Waals surface area contributed by atoms with Gasteiger partial charge in [0.2, 0.25) is 0 Å². The van der Waals surface area contributed by atoms with E-state index in [2.05, 4.69) is 30.7 Å². The van der Waals surface area contributed by atoms with Crippen LogP contribution in [-0.2, 0) is 6.54 Å². The molecule has 0 radical (unpaired) electrons. The Balaban J connectivity index is 1.85. The van der Waals surface area contributed by atoms with E-state index in [9.17, 15) is 4.39 Å². The Morgan fingerprint density at radius 3 is 3.00 bits per heavy atom. The van der Waals surface area contributed by atoms with Gasteiger partial charge in [-0.15, -0.1) is 0 Å². The maximum absolute atomic E-state index is 12.8. The lowest BCUT2D eigenvalue weighted by Crippen LogP contribution is -1.99. The highest BCUT2D eigenvalue weighted by molar-refractivity contribution is 9.10. The fraction of sp³-hybridized carbons (Fsp3) is 0.333. The minimum atomic E-state index is -0.320. The van der Waals surface area contributed by atoms with Crippen molar-refractivity contribution in [2.45, 2.75) is 18.9 Å². The lowest BCUT2D eigenvalue weighted by molar-refractivity contribution is 0.598. The fourth-order valence-corrected chi connectivity index (χ4v) is 3.41. The second-order valence-corrected chi connectivity index (χ2v) is 5.49. The van der Waals surface area contributed by atoms with Crippen molar-refractivity contribution >= 4 is 15.9 Å². The predicted octanol–water partition coefficient (Wildman–Crippen LogP) is 2.96. The van der Waals surface area contributed by atoms with E-state index in [1.807, 2.05) is 0 Å². The van der Waals surface area contributed by atoms with Crippen LogP contribution in [0.15, 0.2) is 22.8 Å². The van der Waals surface area contributed by atoms with Crippen molar-refractivity contribution in [3.8, 4) is 11.4 Å². The third-order valence-corrected chi connectivity index (χ3v) is 4.36. The van der Waals surface area contributed by atoms with Gasteiger partial charge < -0.3 is 0 Å². The summed E-state index contributed by atoms with van der Waals surface area (Å²) in [6.07, 6.45) is 2.51. The first-order chi connectivity index (χ1) is 8.24. The molecule has 2 aromatic rings. The Morgan fingerprint density at radius 2 is 2.29 bits per heavy atom. The molecule has 3 heterocycles. The second kappa shape index (κ2) is 3.16. The number of nitrogens with zero attached hydrogens (tertiary/aromatic N) is 3. The van der Waals surface area contributed by atoms with E-state index in [-0.39, 0.29) is 5.82 Å². The summed E-state index contributed by atoms with van der Waals surface area (Å²) in [5, 5.41) is 4.56. The molecule has 0 spiro atoms. The molecular weight excluding hydrogens is 285 g/mol. The molecule has 0 unspecified atom stereocenters. The lowest BCUT2D eigenvalue weighted by Gasteiger charge is -1.97. The van der Waals surface area contributed by atoms with E-state index < -0.39 is 0 Å². The van der Waals surface area contributed by atoms with Gasteiger partial charge in [0.15, 0.2) is 0 Å². The van der Waals surface area contributed by atoms with E-state index >= 15 is 0 Å². The number of pyridine rings is 1. The maximum Gasteiger partial charge on any atom is 0.141 e. The monoisotopic (exact) mass is 293 g/mol. The van der Waals surface area contributed by atoms with Crippen molar-refractivity contribution in [3.63, 3.8) is 0 Å². The van der Waals surface area contributed by atoms with Crippen LogP contribution in [0.5, 0.6) is 0 Å². The van der Waals surface area contributed by atoms with Crippen molar-refractivity contribution in [2.75, 3.05) is 0 Å². The normalized spacial score (nSPS) is 24.6. The quantitative estimate of drug-likeness (QED) is 0.809. The molecule has 2 aliphatic rings. The Labute approximate surface area is 106 Å². The van der Waals surface area contributed by atoms with E-state index in [1.54, 1.807) is 6.07 Å². The average Bonchev–Trinajstić information content (AvgIpc) is 2.86. The van der Waals surface area contributed by atoms with E-state index in [0.29, 0.717) is 5.92 Å². The summed E-state index contributed by atoms with van der Waals surface area (Å²) in [4.78, 5) is 4.08. The van der Waals surface area contributed by atoms with Gasteiger partial charge in [-0.2, -0.15) is 5.10 Å². The summed E-state index contributed by atoms with van der Waals surface area (Å²) in [6, 6.07) is 3.09. The van der Waals surface area contributed by atoms with Crippen LogP contribution in [0.4, 0.5) is 4.39 Å². The van der Waals surface area contributed by atoms with Crippen molar-refractivity contribution in [3.05, 3.63) is 34.3 Å². The Hall–Kier alpha value is -1.23. The summed E-state index contributed by atoms with van der Waals surface area (Å²) < 4.78 is 15.9. The standard InChI is InChI=1S/C12H9BrFN3/c13-10-11(9-2-1-7(14)4-15-9)16-17-5-6-3-8(6)12(10)17/h1-2,4,6,8H,3,5H2/t6-,8-/m0/s1. The van der Waals surface area contributed by atoms with E-state index in [0.717, 1.165) is 28.3 Å². The molecular formula is C12H9BrFN3. The Kier molecular flexibility index (Phi) is 1.82. The van der Waals surface area contributed by atoms with Crippen LogP contribution in [0.25, 0.3) is 11.4 Å². The molecule has 4 rings (SSSR count). The topological polar surface area (TPSA) is 30.7 Å². The number of halogens is 2. The molecule has 0 amide bonds. The zero-order valence-electron chi connectivity index (χ0n) is 8.90. The number of hydrogen-bond donors (Lipinski definition) is 0. The van der Waals surface area contributed by atoms with Crippen molar-refractivity contribution < 1.29 is 4.39 Å². The van der Waals surface area contributed by atoms with Gasteiger partial charge in [-0.1, -0.05) is 0 Å². The van der Waals surface area contributed by atoms with Gasteiger partial charge in [0, 0.05) is 12.5 Å². The highest BCUT2D eigenvalue weighted by Gasteiger charge is 2.48. The molecule has 0 N–H and O–H groups in total. The third-order valence-electron chi connectivity index (χ3n) is 3.58. The largest absolute Gasteiger partial charge is 0.267 e. The highest BCUT2D eigenvalue weighted by Crippen LogP contribution is 2.56. The average molecular weight is 294 g/mol. The van der Waals surface area contributed by atoms with Crippen LogP contribution in [0.2, 0.25) is 0 Å². The van der Waals surface area contributed by atoms with Gasteiger partial charge in [0.05, 0.1) is 22.1 Å². The molecule has 1 fully saturated rings. The van der Waals surface area contributed by atoms with Crippen LogP contribution in [0.3, 0.4) is 0 Å². The van der Waals surface area contributed by atoms with Gasteiger partial charge in [-0.3, -0.25) is 9.67 Å². The molecule has 0 bridgehead atoms. The number of hydrogen-bond acceptors (Lipinski definition) is 2. The first kappa shape index (κ1) is 9.76. The van der Waals surface area contributed by atoms with Crippen LogP contribution in [0.1, 0.15) is 18.0 Å². The summed E-state index contributed by atoms with van der Waals surface area (Å²) in [7, 11) is 0. The second-order valence-electron chi connectivity index (χ2n) is 4.69. The Bertz CT molecular complexity index is 605. The third kappa shape index (κ3) is 1.32. The first-order valence-corrected chi connectivity index (χ1v) is 6.41. The Morgan fingerprint density at radius 1 is 1.41 bits per heavy atom. The zero-order chi connectivity index (χ0) is 11.6. The van der Waals surface area contributed by atoms with E-state index in [1.165, 1.54) is 24.4 Å². The fourth-order valence-electron chi connectivity index (χ4n) is 2.63. The number of rotatable bonds is 1. The van der Waals surface area contributed by atoms with Gasteiger partial charge in [-0.25, -0.2) is 4.39 Å². The summed E-state index contributed by atoms with van der Waals surface area (Å²) >= 11 is 3.61. The number of aromatic nitrogens is 3. The molecule has 1 saturated carbocycles. The van der Waals surface area contributed by atoms with Crippen molar-refractivity contribution in [2.24, 2.45) is 5.92 Å². The summed E-state index contributed by atoms with van der Waals surface area (Å²) in [5.41, 5.74) is 2.83. The smallest absolute Gasteiger partial charge is 0.141 e. The molecule has 3 nitrogen and oxygen atoms in total. The molecule has 2 atom stereocenters. The van der Waals surface area contributed by atoms with Crippen LogP contribution >= 0.6 is 15.9 Å². The predicted molar refractivity (Wildman–Crippen MR) is 64.0 cm³/mol. The summed E-state index contributed by atoms with van der Waals surface area (Å²) in [5.74, 6) is 1.15. The van der Waals surface area contributed by atoms with Crippen molar-refractivity contribution in [1.29, 1.82) is 0 Å². The molecule has 0 aromatic carbocycles. The van der Waals surface area contributed by atoms with Gasteiger partial charge >= 0.3 is 0 Å². The number of fused-ring (bicyclic) bond motifs is 3. The van der Waals surface area contributed by atoms with Gasteiger partial charge in [-0.05, 0) is 40.4 Å². The molecule has 2 aromatic heterocycles. The SMILES string of the molecule is Fc1ccc(-c2nn3c(c2Br)[C@H]2C[C@H]2C3)nc1. The lowest BCUT2D eigenvalue weighted by atomic mass is 10.2. The van der Waals surface area contributed by atoms with Crippen LogP contribution < -0.4 is 0 Å². The maximum atomic E-state index is 12.8. The van der Waals surface area contributed by atoms with Crippen molar-refractivity contribution in [1.82, 2.24) is 14.8 Å². The minimum Gasteiger partial charge on any atom is -0.267 e.